The Morgan fingerprint density at radius 1 is 1.33 bits per heavy atom. The Bertz CT molecular complexity index is 548. The van der Waals surface area contributed by atoms with Gasteiger partial charge in [0.05, 0.1) is 5.69 Å². The van der Waals surface area contributed by atoms with Gasteiger partial charge in [-0.2, -0.15) is 5.10 Å². The number of hydrogen-bond acceptors (Lipinski definition) is 3. The molecule has 0 saturated heterocycles. The summed E-state index contributed by atoms with van der Waals surface area (Å²) < 4.78 is 2.89. The molecule has 0 aliphatic carbocycles. The molecule has 0 unspecified atom stereocenters. The lowest BCUT2D eigenvalue weighted by Gasteiger charge is -2.08. The number of halogens is 1. The van der Waals surface area contributed by atoms with Crippen LogP contribution in [0.5, 0.6) is 0 Å². The minimum Gasteiger partial charge on any atom is -0.313 e. The van der Waals surface area contributed by atoms with Gasteiger partial charge in [0, 0.05) is 11.0 Å². The van der Waals surface area contributed by atoms with Gasteiger partial charge in [-0.25, -0.2) is 9.67 Å². The van der Waals surface area contributed by atoms with Gasteiger partial charge in [0.25, 0.3) is 0 Å². The molecule has 96 valence electrons. The molecule has 1 aromatic heterocycles. The topological polar surface area (TPSA) is 42.7 Å². The Morgan fingerprint density at radius 2 is 2.11 bits per heavy atom. The summed E-state index contributed by atoms with van der Waals surface area (Å²) in [5.74, 6) is 1.68. The number of nitrogens with one attached hydrogen (secondary N) is 1. The van der Waals surface area contributed by atoms with E-state index in [1.54, 1.807) is 0 Å². The van der Waals surface area contributed by atoms with Crippen LogP contribution in [0.15, 0.2) is 22.7 Å². The standard InChI is InChI=1S/C13H17BrN4/c1-4-15-8-11-5-6-13(12(14)7-11)18-10(3)16-9(2)17-18/h5-7,15H,4,8H2,1-3H3. The minimum atomic E-state index is 0.788. The van der Waals surface area contributed by atoms with E-state index in [2.05, 4.69) is 56.5 Å². The van der Waals surface area contributed by atoms with Gasteiger partial charge in [-0.15, -0.1) is 0 Å². The predicted molar refractivity (Wildman–Crippen MR) is 75.9 cm³/mol. The number of aromatic nitrogens is 3. The molecule has 1 N–H and O–H groups in total. The molecular formula is C13H17BrN4. The summed E-state index contributed by atoms with van der Waals surface area (Å²) in [5.41, 5.74) is 2.27. The number of benzene rings is 1. The van der Waals surface area contributed by atoms with Gasteiger partial charge in [0.1, 0.15) is 11.6 Å². The van der Waals surface area contributed by atoms with Crippen molar-refractivity contribution in [3.05, 3.63) is 39.9 Å². The van der Waals surface area contributed by atoms with Gasteiger partial charge < -0.3 is 5.32 Å². The van der Waals surface area contributed by atoms with Crippen molar-refractivity contribution in [2.24, 2.45) is 0 Å². The van der Waals surface area contributed by atoms with Crippen molar-refractivity contribution >= 4 is 15.9 Å². The summed E-state index contributed by atoms with van der Waals surface area (Å²) in [4.78, 5) is 4.32. The second-order valence-corrected chi connectivity index (χ2v) is 5.04. The van der Waals surface area contributed by atoms with Crippen LogP contribution in [0.1, 0.15) is 24.1 Å². The van der Waals surface area contributed by atoms with Crippen LogP contribution >= 0.6 is 15.9 Å². The second-order valence-electron chi connectivity index (χ2n) is 4.18. The van der Waals surface area contributed by atoms with Crippen molar-refractivity contribution < 1.29 is 0 Å². The molecule has 2 rings (SSSR count). The van der Waals surface area contributed by atoms with Gasteiger partial charge in [-0.05, 0) is 54.0 Å². The van der Waals surface area contributed by atoms with Crippen molar-refractivity contribution in [2.75, 3.05) is 6.54 Å². The quantitative estimate of drug-likeness (QED) is 0.944. The molecule has 0 amide bonds. The molecule has 4 nitrogen and oxygen atoms in total. The summed E-state index contributed by atoms with van der Waals surface area (Å²) in [6, 6.07) is 6.30. The average molecular weight is 309 g/mol. The zero-order valence-corrected chi connectivity index (χ0v) is 12.5. The van der Waals surface area contributed by atoms with Gasteiger partial charge >= 0.3 is 0 Å². The molecule has 0 aliphatic heterocycles. The van der Waals surface area contributed by atoms with E-state index in [1.807, 2.05) is 18.5 Å². The Morgan fingerprint density at radius 3 is 2.67 bits per heavy atom. The summed E-state index contributed by atoms with van der Waals surface area (Å²) in [5, 5.41) is 7.70. The van der Waals surface area contributed by atoms with Gasteiger partial charge in [-0.1, -0.05) is 13.0 Å². The maximum atomic E-state index is 4.39. The molecule has 0 saturated carbocycles. The van der Waals surface area contributed by atoms with Crippen LogP contribution in [0.25, 0.3) is 5.69 Å². The second kappa shape index (κ2) is 5.63. The van der Waals surface area contributed by atoms with Crippen LogP contribution in [-0.4, -0.2) is 21.3 Å². The molecular weight excluding hydrogens is 292 g/mol. The van der Waals surface area contributed by atoms with Crippen molar-refractivity contribution in [1.29, 1.82) is 0 Å². The van der Waals surface area contributed by atoms with E-state index in [0.717, 1.165) is 34.9 Å². The highest BCUT2D eigenvalue weighted by Crippen LogP contribution is 2.23. The first-order valence-electron chi connectivity index (χ1n) is 6.01. The number of rotatable bonds is 4. The zero-order valence-electron chi connectivity index (χ0n) is 10.9. The molecule has 0 atom stereocenters. The highest BCUT2D eigenvalue weighted by Gasteiger charge is 2.09. The van der Waals surface area contributed by atoms with E-state index >= 15 is 0 Å². The summed E-state index contributed by atoms with van der Waals surface area (Å²) in [6.07, 6.45) is 0. The lowest BCUT2D eigenvalue weighted by molar-refractivity contribution is 0.725. The summed E-state index contributed by atoms with van der Waals surface area (Å²) in [7, 11) is 0. The van der Waals surface area contributed by atoms with Crippen molar-refractivity contribution in [2.45, 2.75) is 27.3 Å². The molecule has 18 heavy (non-hydrogen) atoms. The lowest BCUT2D eigenvalue weighted by Crippen LogP contribution is -2.12. The summed E-state index contributed by atoms with van der Waals surface area (Å²) in [6.45, 7) is 7.81. The van der Waals surface area contributed by atoms with E-state index in [0.29, 0.717) is 0 Å². The third kappa shape index (κ3) is 2.79. The Labute approximate surface area is 116 Å². The molecule has 0 aliphatic rings. The molecule has 0 fully saturated rings. The first kappa shape index (κ1) is 13.2. The van der Waals surface area contributed by atoms with Crippen LogP contribution in [0.3, 0.4) is 0 Å². The van der Waals surface area contributed by atoms with Gasteiger partial charge in [0.2, 0.25) is 0 Å². The largest absolute Gasteiger partial charge is 0.313 e. The fourth-order valence-electron chi connectivity index (χ4n) is 1.85. The zero-order chi connectivity index (χ0) is 13.1. The van der Waals surface area contributed by atoms with Gasteiger partial charge in [0.15, 0.2) is 0 Å². The molecule has 1 aromatic carbocycles. The lowest BCUT2D eigenvalue weighted by atomic mass is 10.2. The summed E-state index contributed by atoms with van der Waals surface area (Å²) >= 11 is 3.60. The fourth-order valence-corrected chi connectivity index (χ4v) is 2.44. The Balaban J connectivity index is 2.32. The number of aryl methyl sites for hydroxylation is 2. The van der Waals surface area contributed by atoms with Gasteiger partial charge in [-0.3, -0.25) is 0 Å². The van der Waals surface area contributed by atoms with Crippen molar-refractivity contribution in [1.82, 2.24) is 20.1 Å². The minimum absolute atomic E-state index is 0.788. The van der Waals surface area contributed by atoms with Crippen molar-refractivity contribution in [3.8, 4) is 5.69 Å². The molecule has 0 spiro atoms. The third-order valence-corrected chi connectivity index (χ3v) is 3.33. The molecule has 5 heteroatoms. The van der Waals surface area contributed by atoms with Crippen LogP contribution in [-0.2, 0) is 6.54 Å². The van der Waals surface area contributed by atoms with Crippen LogP contribution in [0, 0.1) is 13.8 Å². The monoisotopic (exact) mass is 308 g/mol. The Hall–Kier alpha value is -1.20. The van der Waals surface area contributed by atoms with Crippen LogP contribution < -0.4 is 5.32 Å². The van der Waals surface area contributed by atoms with E-state index < -0.39 is 0 Å². The van der Waals surface area contributed by atoms with E-state index in [4.69, 9.17) is 0 Å². The fraction of sp³-hybridized carbons (Fsp3) is 0.385. The molecule has 1 heterocycles. The highest BCUT2D eigenvalue weighted by molar-refractivity contribution is 9.10. The van der Waals surface area contributed by atoms with E-state index in [-0.39, 0.29) is 0 Å². The maximum absolute atomic E-state index is 4.39. The first-order valence-corrected chi connectivity index (χ1v) is 6.81. The normalized spacial score (nSPS) is 10.9. The smallest absolute Gasteiger partial charge is 0.148 e. The number of hydrogen-bond donors (Lipinski definition) is 1. The van der Waals surface area contributed by atoms with E-state index in [9.17, 15) is 0 Å². The molecule has 2 aromatic rings. The molecule has 0 bridgehead atoms. The average Bonchev–Trinajstić information content (AvgIpc) is 2.66. The van der Waals surface area contributed by atoms with E-state index in [1.165, 1.54) is 5.56 Å². The number of nitrogens with zero attached hydrogens (tertiary/aromatic N) is 3. The van der Waals surface area contributed by atoms with Crippen LogP contribution in [0.4, 0.5) is 0 Å². The van der Waals surface area contributed by atoms with Crippen LogP contribution in [0.2, 0.25) is 0 Å². The maximum Gasteiger partial charge on any atom is 0.148 e. The SMILES string of the molecule is CCNCc1ccc(-n2nc(C)nc2C)c(Br)c1. The van der Waals surface area contributed by atoms with Crippen molar-refractivity contribution in [3.63, 3.8) is 0 Å². The Kier molecular flexibility index (Phi) is 4.14. The third-order valence-electron chi connectivity index (χ3n) is 2.69. The predicted octanol–water partition coefficient (Wildman–Crippen LogP) is 2.76. The first-order chi connectivity index (χ1) is 8.61. The molecule has 0 radical (unpaired) electrons. The highest BCUT2D eigenvalue weighted by atomic mass is 79.9.